The van der Waals surface area contributed by atoms with Gasteiger partial charge in [-0.1, -0.05) is 11.6 Å². The molecule has 114 valence electrons. The van der Waals surface area contributed by atoms with Crippen LogP contribution in [0.2, 0.25) is 5.02 Å². The van der Waals surface area contributed by atoms with Gasteiger partial charge in [-0.25, -0.2) is 14.4 Å². The van der Waals surface area contributed by atoms with E-state index in [-0.39, 0.29) is 5.82 Å². The highest BCUT2D eigenvalue weighted by Gasteiger charge is 2.14. The highest BCUT2D eigenvalue weighted by Crippen LogP contribution is 2.26. The summed E-state index contributed by atoms with van der Waals surface area (Å²) >= 11 is 6.00. The van der Waals surface area contributed by atoms with Gasteiger partial charge in [0.25, 0.3) is 0 Å². The number of nitrogens with zero attached hydrogens (tertiary/aromatic N) is 3. The fourth-order valence-corrected chi connectivity index (χ4v) is 2.58. The van der Waals surface area contributed by atoms with E-state index in [4.69, 9.17) is 17.3 Å². The predicted octanol–water partition coefficient (Wildman–Crippen LogP) is 3.63. The van der Waals surface area contributed by atoms with Gasteiger partial charge in [-0.2, -0.15) is 0 Å². The van der Waals surface area contributed by atoms with Gasteiger partial charge in [0.05, 0.1) is 5.02 Å². The Morgan fingerprint density at radius 1 is 1.18 bits per heavy atom. The molecule has 1 aromatic carbocycles. The van der Waals surface area contributed by atoms with Crippen LogP contribution in [0, 0.1) is 5.82 Å². The van der Waals surface area contributed by atoms with Crippen molar-refractivity contribution < 1.29 is 4.39 Å². The van der Waals surface area contributed by atoms with Crippen LogP contribution >= 0.6 is 11.6 Å². The fraction of sp³-hybridized carbons (Fsp3) is 0.250. The number of hydrogen-bond donors (Lipinski definition) is 1. The number of rotatable bonds is 5. The highest BCUT2D eigenvalue weighted by atomic mass is 35.5. The minimum Gasteiger partial charge on any atom is -0.330 e. The lowest BCUT2D eigenvalue weighted by atomic mass is 10.2. The number of aromatic nitrogens is 3. The van der Waals surface area contributed by atoms with Crippen LogP contribution in [0.5, 0.6) is 0 Å². The molecule has 0 aliphatic rings. The van der Waals surface area contributed by atoms with Crippen molar-refractivity contribution in [2.45, 2.75) is 19.4 Å². The largest absolute Gasteiger partial charge is 0.330 e. The number of benzene rings is 1. The third-order valence-corrected chi connectivity index (χ3v) is 3.70. The van der Waals surface area contributed by atoms with Crippen molar-refractivity contribution in [2.75, 3.05) is 6.54 Å². The van der Waals surface area contributed by atoms with Crippen molar-refractivity contribution >= 4 is 22.8 Å². The zero-order chi connectivity index (χ0) is 15.5. The van der Waals surface area contributed by atoms with Gasteiger partial charge in [0.1, 0.15) is 17.2 Å². The summed E-state index contributed by atoms with van der Waals surface area (Å²) in [4.78, 5) is 9.00. The Morgan fingerprint density at radius 3 is 2.68 bits per heavy atom. The maximum atomic E-state index is 13.1. The normalized spacial score (nSPS) is 11.2. The van der Waals surface area contributed by atoms with Crippen LogP contribution in [0.3, 0.4) is 0 Å². The lowest BCUT2D eigenvalue weighted by Gasteiger charge is -2.08. The third-order valence-electron chi connectivity index (χ3n) is 3.49. The van der Waals surface area contributed by atoms with Crippen molar-refractivity contribution in [3.63, 3.8) is 0 Å². The zero-order valence-electron chi connectivity index (χ0n) is 12.0. The number of pyridine rings is 1. The fourth-order valence-electron chi connectivity index (χ4n) is 2.43. The van der Waals surface area contributed by atoms with E-state index in [2.05, 4.69) is 9.97 Å². The van der Waals surface area contributed by atoms with Crippen molar-refractivity contribution in [2.24, 2.45) is 5.73 Å². The molecule has 0 aliphatic carbocycles. The summed E-state index contributed by atoms with van der Waals surface area (Å²) in [5.74, 6) is 0.498. The number of nitrogens with two attached hydrogens (primary N) is 1. The van der Waals surface area contributed by atoms with E-state index in [9.17, 15) is 4.39 Å². The molecular weight excluding hydrogens is 303 g/mol. The molecule has 0 radical (unpaired) electrons. The molecule has 2 aromatic heterocycles. The van der Waals surface area contributed by atoms with Gasteiger partial charge < -0.3 is 10.3 Å². The molecule has 3 rings (SSSR count). The standard InChI is InChI=1S/C16H16ClFN4/c17-12-9-14-16(20-10-12)22(8-2-1-7-19)15(21-14)11-3-5-13(18)6-4-11/h3-6,9-10H,1-2,7-8,19H2. The number of hydrogen-bond acceptors (Lipinski definition) is 3. The molecule has 0 saturated carbocycles. The molecule has 0 atom stereocenters. The summed E-state index contributed by atoms with van der Waals surface area (Å²) in [7, 11) is 0. The van der Waals surface area contributed by atoms with Gasteiger partial charge in [0, 0.05) is 18.3 Å². The summed E-state index contributed by atoms with van der Waals surface area (Å²) < 4.78 is 15.2. The summed E-state index contributed by atoms with van der Waals surface area (Å²) in [6.07, 6.45) is 3.47. The van der Waals surface area contributed by atoms with E-state index >= 15 is 0 Å². The van der Waals surface area contributed by atoms with E-state index in [1.807, 2.05) is 4.57 Å². The first-order valence-corrected chi connectivity index (χ1v) is 7.54. The Balaban J connectivity index is 2.10. The van der Waals surface area contributed by atoms with Gasteiger partial charge in [0.2, 0.25) is 0 Å². The van der Waals surface area contributed by atoms with Crippen molar-refractivity contribution in [1.82, 2.24) is 14.5 Å². The topological polar surface area (TPSA) is 56.7 Å². The second-order valence-corrected chi connectivity index (χ2v) is 5.52. The molecule has 0 spiro atoms. The first-order chi connectivity index (χ1) is 10.7. The summed E-state index contributed by atoms with van der Waals surface area (Å²) in [6.45, 7) is 1.41. The van der Waals surface area contributed by atoms with Crippen LogP contribution in [0.15, 0.2) is 36.5 Å². The molecule has 0 unspecified atom stereocenters. The van der Waals surface area contributed by atoms with Crippen LogP contribution in [0.1, 0.15) is 12.8 Å². The molecule has 2 N–H and O–H groups in total. The molecule has 4 nitrogen and oxygen atoms in total. The van der Waals surface area contributed by atoms with Crippen molar-refractivity contribution in [3.8, 4) is 11.4 Å². The molecule has 0 fully saturated rings. The van der Waals surface area contributed by atoms with E-state index in [0.717, 1.165) is 41.9 Å². The van der Waals surface area contributed by atoms with Crippen LogP contribution in [0.4, 0.5) is 4.39 Å². The number of halogens is 2. The summed E-state index contributed by atoms with van der Waals surface area (Å²) in [5.41, 5.74) is 7.93. The van der Waals surface area contributed by atoms with E-state index in [0.29, 0.717) is 11.6 Å². The lowest BCUT2D eigenvalue weighted by molar-refractivity contribution is 0.624. The Morgan fingerprint density at radius 2 is 1.95 bits per heavy atom. The van der Waals surface area contributed by atoms with Crippen molar-refractivity contribution in [3.05, 3.63) is 47.4 Å². The Hall–Kier alpha value is -1.98. The van der Waals surface area contributed by atoms with Crippen LogP contribution < -0.4 is 5.73 Å². The second kappa shape index (κ2) is 6.42. The average molecular weight is 319 g/mol. The maximum absolute atomic E-state index is 13.1. The predicted molar refractivity (Wildman–Crippen MR) is 86.2 cm³/mol. The number of unbranched alkanes of at least 4 members (excludes halogenated alkanes) is 1. The summed E-state index contributed by atoms with van der Waals surface area (Å²) in [6, 6.07) is 8.09. The third kappa shape index (κ3) is 2.96. The Labute approximate surface area is 132 Å². The molecule has 0 saturated heterocycles. The van der Waals surface area contributed by atoms with Gasteiger partial charge in [0.15, 0.2) is 5.65 Å². The monoisotopic (exact) mass is 318 g/mol. The number of imidazole rings is 1. The SMILES string of the molecule is NCCCCn1c(-c2ccc(F)cc2)nc2cc(Cl)cnc21. The molecular formula is C16H16ClFN4. The van der Waals surface area contributed by atoms with Crippen LogP contribution in [0.25, 0.3) is 22.6 Å². The Bertz CT molecular complexity index is 783. The number of fused-ring (bicyclic) bond motifs is 1. The van der Waals surface area contributed by atoms with Crippen LogP contribution in [-0.4, -0.2) is 21.1 Å². The molecule has 0 amide bonds. The first-order valence-electron chi connectivity index (χ1n) is 7.17. The first kappa shape index (κ1) is 14.9. The highest BCUT2D eigenvalue weighted by molar-refractivity contribution is 6.31. The minimum atomic E-state index is -0.268. The van der Waals surface area contributed by atoms with Gasteiger partial charge >= 0.3 is 0 Å². The number of aryl methyl sites for hydroxylation is 1. The molecule has 2 heterocycles. The van der Waals surface area contributed by atoms with Crippen LogP contribution in [-0.2, 0) is 6.54 Å². The quantitative estimate of drug-likeness (QED) is 0.731. The van der Waals surface area contributed by atoms with E-state index in [1.165, 1.54) is 12.1 Å². The zero-order valence-corrected chi connectivity index (χ0v) is 12.7. The average Bonchev–Trinajstić information content (AvgIpc) is 2.86. The van der Waals surface area contributed by atoms with E-state index in [1.54, 1.807) is 24.4 Å². The smallest absolute Gasteiger partial charge is 0.160 e. The maximum Gasteiger partial charge on any atom is 0.160 e. The van der Waals surface area contributed by atoms with Gasteiger partial charge in [-0.05, 0) is 49.7 Å². The molecule has 3 aromatic rings. The van der Waals surface area contributed by atoms with Gasteiger partial charge in [-0.3, -0.25) is 0 Å². The molecule has 6 heteroatoms. The lowest BCUT2D eigenvalue weighted by Crippen LogP contribution is -2.05. The molecule has 22 heavy (non-hydrogen) atoms. The molecule has 0 bridgehead atoms. The minimum absolute atomic E-state index is 0.268. The Kier molecular flexibility index (Phi) is 4.36. The molecule has 0 aliphatic heterocycles. The van der Waals surface area contributed by atoms with Crippen molar-refractivity contribution in [1.29, 1.82) is 0 Å². The van der Waals surface area contributed by atoms with Gasteiger partial charge in [-0.15, -0.1) is 0 Å². The second-order valence-electron chi connectivity index (χ2n) is 5.09. The summed E-state index contributed by atoms with van der Waals surface area (Å²) in [5, 5.41) is 0.546. The van der Waals surface area contributed by atoms with E-state index < -0.39 is 0 Å².